The molecule has 4 atom stereocenters. The summed E-state index contributed by atoms with van der Waals surface area (Å²) >= 11 is 0. The van der Waals surface area contributed by atoms with E-state index in [1.807, 2.05) is 26.8 Å². The number of rotatable bonds is 2. The molecule has 1 aliphatic carbocycles. The van der Waals surface area contributed by atoms with Crippen molar-refractivity contribution in [3.63, 3.8) is 0 Å². The summed E-state index contributed by atoms with van der Waals surface area (Å²) in [5, 5.41) is 4.54. The van der Waals surface area contributed by atoms with Crippen molar-refractivity contribution in [3.8, 4) is 11.5 Å². The molecule has 10 heteroatoms. The van der Waals surface area contributed by atoms with Crippen molar-refractivity contribution in [2.75, 3.05) is 19.7 Å². The highest BCUT2D eigenvalue weighted by molar-refractivity contribution is 6.74. The van der Waals surface area contributed by atoms with Crippen molar-refractivity contribution >= 4 is 31.2 Å². The lowest BCUT2D eigenvalue weighted by molar-refractivity contribution is -0.160. The summed E-state index contributed by atoms with van der Waals surface area (Å²) in [4.78, 5) is 30.7. The second kappa shape index (κ2) is 9.78. The second-order valence-corrected chi connectivity index (χ2v) is 23.4. The number of hydrogen-bond donors (Lipinski definition) is 1. The monoisotopic (exact) mass is 665 g/mol. The zero-order valence-corrected chi connectivity index (χ0v) is 31.6. The van der Waals surface area contributed by atoms with Crippen molar-refractivity contribution < 1.29 is 28.2 Å². The molecule has 47 heavy (non-hydrogen) atoms. The third kappa shape index (κ3) is 4.67. The van der Waals surface area contributed by atoms with Gasteiger partial charge in [0.25, 0.3) is 0 Å². The molecular formula is C37H55N3O6Si. The Hall–Kier alpha value is -2.56. The zero-order valence-electron chi connectivity index (χ0n) is 30.6. The van der Waals surface area contributed by atoms with E-state index in [9.17, 15) is 9.59 Å². The van der Waals surface area contributed by atoms with Crippen LogP contribution in [0.1, 0.15) is 99.8 Å². The minimum atomic E-state index is -2.16. The third-order valence-corrected chi connectivity index (χ3v) is 17.1. The third-order valence-electron chi connectivity index (χ3n) is 12.6. The van der Waals surface area contributed by atoms with Gasteiger partial charge in [0.2, 0.25) is 5.91 Å². The summed E-state index contributed by atoms with van der Waals surface area (Å²) < 4.78 is 28.4. The highest BCUT2D eigenvalue weighted by Crippen LogP contribution is 2.60. The number of piperazine rings is 1. The van der Waals surface area contributed by atoms with Crippen LogP contribution in [0.3, 0.4) is 0 Å². The van der Waals surface area contributed by atoms with Crippen molar-refractivity contribution in [1.29, 1.82) is 0 Å². The molecule has 2 spiro atoms. The van der Waals surface area contributed by atoms with Gasteiger partial charge in [0.15, 0.2) is 19.8 Å². The summed E-state index contributed by atoms with van der Waals surface area (Å²) in [6.45, 7) is 27.6. The van der Waals surface area contributed by atoms with E-state index >= 15 is 0 Å². The Balaban J connectivity index is 1.41. The van der Waals surface area contributed by atoms with Crippen LogP contribution in [0.5, 0.6) is 11.5 Å². The van der Waals surface area contributed by atoms with Gasteiger partial charge in [-0.05, 0) is 109 Å². The highest BCUT2D eigenvalue weighted by atomic mass is 28.4. The number of piperidine rings is 2. The van der Waals surface area contributed by atoms with Crippen LogP contribution in [0, 0.1) is 5.92 Å². The quantitative estimate of drug-likeness (QED) is 0.348. The molecule has 5 aliphatic heterocycles. The second-order valence-electron chi connectivity index (χ2n) is 18.6. The lowest BCUT2D eigenvalue weighted by atomic mass is 9.51. The largest absolute Gasteiger partial charge is 0.485 e. The standard InChI is InChI=1S/C37H55N3O6Si/c1-32(2,3)45-31(42)40-27-22(14-15-24-28(27)43-20-26(35(9,10)44-24)46-47(11,12)33(4,5)6)23-18-36-21-39-17-13-16-37(39,30(41)38-36)19-25(36)34(7,8)29(23)40/h14-15,25-26H,13,16-21H2,1-12H3,(H,38,41)/t25-,26?,36+,37-/m1/s1. The number of amides is 1. The van der Waals surface area contributed by atoms with Gasteiger partial charge >= 0.3 is 6.09 Å². The molecule has 1 amide bonds. The lowest BCUT2D eigenvalue weighted by Crippen LogP contribution is -2.82. The predicted molar refractivity (Wildman–Crippen MR) is 185 cm³/mol. The van der Waals surface area contributed by atoms with Gasteiger partial charge in [0.1, 0.15) is 35.0 Å². The first-order valence-electron chi connectivity index (χ1n) is 17.5. The molecule has 2 aromatic rings. The topological polar surface area (TPSA) is 91.3 Å². The maximum Gasteiger partial charge on any atom is 0.419 e. The Morgan fingerprint density at radius 2 is 1.79 bits per heavy atom. The number of carbonyl (C=O) groups excluding carboxylic acids is 2. The number of aromatic nitrogens is 1. The van der Waals surface area contributed by atoms with Crippen molar-refractivity contribution in [1.82, 2.24) is 14.8 Å². The van der Waals surface area contributed by atoms with E-state index in [0.29, 0.717) is 30.0 Å². The Labute approximate surface area is 281 Å². The molecule has 1 aromatic heterocycles. The van der Waals surface area contributed by atoms with E-state index in [-0.39, 0.29) is 23.0 Å². The van der Waals surface area contributed by atoms with Crippen LogP contribution in [-0.2, 0) is 25.8 Å². The molecule has 9 nitrogen and oxygen atoms in total. The number of ether oxygens (including phenoxy) is 3. The number of benzene rings is 1. The van der Waals surface area contributed by atoms with Gasteiger partial charge in [-0.1, -0.05) is 34.6 Å². The maximum absolute atomic E-state index is 14.5. The molecule has 1 unspecified atom stereocenters. The van der Waals surface area contributed by atoms with Crippen LogP contribution in [0.25, 0.3) is 10.9 Å². The van der Waals surface area contributed by atoms with Crippen LogP contribution in [-0.4, -0.2) is 77.9 Å². The fraction of sp³-hybridized carbons (Fsp3) is 0.730. The fourth-order valence-electron chi connectivity index (χ4n) is 9.22. The Bertz CT molecular complexity index is 1680. The van der Waals surface area contributed by atoms with Gasteiger partial charge in [-0.3, -0.25) is 9.69 Å². The molecule has 8 rings (SSSR count). The molecule has 1 N–H and O–H groups in total. The van der Waals surface area contributed by atoms with Crippen LogP contribution in [0.4, 0.5) is 4.79 Å². The summed E-state index contributed by atoms with van der Waals surface area (Å²) in [5.41, 5.74) is -0.00410. The first kappa shape index (κ1) is 33.0. The van der Waals surface area contributed by atoms with E-state index in [0.717, 1.165) is 49.0 Å². The van der Waals surface area contributed by atoms with Crippen LogP contribution in [0.15, 0.2) is 12.1 Å². The van der Waals surface area contributed by atoms with Gasteiger partial charge < -0.3 is 24.0 Å². The summed E-state index contributed by atoms with van der Waals surface area (Å²) in [7, 11) is -2.16. The molecule has 0 radical (unpaired) electrons. The van der Waals surface area contributed by atoms with Crippen molar-refractivity contribution in [2.24, 2.45) is 5.92 Å². The summed E-state index contributed by atoms with van der Waals surface area (Å²) in [5.74, 6) is 1.46. The van der Waals surface area contributed by atoms with E-state index in [2.05, 4.69) is 77.8 Å². The normalized spacial score (nSPS) is 31.1. The minimum Gasteiger partial charge on any atom is -0.485 e. The average molecular weight is 666 g/mol. The minimum absolute atomic E-state index is 0.0189. The van der Waals surface area contributed by atoms with Gasteiger partial charge in [-0.25, -0.2) is 9.36 Å². The SMILES string of the molecule is CC(C)(C)OC(=O)n1c2c(c3ccc4c(c31)OCC(O[Si](C)(C)C(C)(C)C)C(C)(C)O4)C[C@]13CN4CCC[C@@]4(C[C@@H]1C2(C)C)C(=O)N3. The lowest BCUT2D eigenvalue weighted by Gasteiger charge is -2.65. The smallest absolute Gasteiger partial charge is 0.419 e. The zero-order chi connectivity index (χ0) is 34.3. The summed E-state index contributed by atoms with van der Waals surface area (Å²) in [6, 6.07) is 4.05. The van der Waals surface area contributed by atoms with Crippen LogP contribution < -0.4 is 14.8 Å². The van der Waals surface area contributed by atoms with Gasteiger partial charge in [-0.15, -0.1) is 0 Å². The average Bonchev–Trinajstić information content (AvgIpc) is 3.45. The van der Waals surface area contributed by atoms with E-state index < -0.39 is 42.1 Å². The molecule has 4 fully saturated rings. The van der Waals surface area contributed by atoms with E-state index in [1.165, 1.54) is 0 Å². The molecular weight excluding hydrogens is 611 g/mol. The van der Waals surface area contributed by atoms with E-state index in [1.54, 1.807) is 4.57 Å². The first-order valence-corrected chi connectivity index (χ1v) is 20.5. The highest BCUT2D eigenvalue weighted by Gasteiger charge is 2.69. The summed E-state index contributed by atoms with van der Waals surface area (Å²) in [6.07, 6.45) is 2.62. The molecule has 0 saturated carbocycles. The Morgan fingerprint density at radius 3 is 2.45 bits per heavy atom. The first-order chi connectivity index (χ1) is 21.5. The predicted octanol–water partition coefficient (Wildman–Crippen LogP) is 6.92. The van der Waals surface area contributed by atoms with Crippen LogP contribution in [0.2, 0.25) is 18.1 Å². The molecule has 4 saturated heterocycles. The van der Waals surface area contributed by atoms with Crippen molar-refractivity contribution in [2.45, 2.75) is 147 Å². The molecule has 258 valence electrons. The van der Waals surface area contributed by atoms with E-state index in [4.69, 9.17) is 18.6 Å². The van der Waals surface area contributed by atoms with Crippen molar-refractivity contribution in [3.05, 3.63) is 23.4 Å². The number of nitrogens with one attached hydrogen (secondary N) is 1. The Morgan fingerprint density at radius 1 is 1.09 bits per heavy atom. The number of nitrogens with zero attached hydrogens (tertiary/aromatic N) is 2. The van der Waals surface area contributed by atoms with Gasteiger partial charge in [0.05, 0.1) is 5.54 Å². The number of fused-ring (bicyclic) bond motifs is 6. The van der Waals surface area contributed by atoms with Crippen LogP contribution >= 0.6 is 0 Å². The molecule has 6 heterocycles. The molecule has 6 aliphatic rings. The fourth-order valence-corrected chi connectivity index (χ4v) is 10.6. The maximum atomic E-state index is 14.5. The molecule has 2 bridgehead atoms. The van der Waals surface area contributed by atoms with Gasteiger partial charge in [0, 0.05) is 23.0 Å². The Kier molecular flexibility index (Phi) is 6.86. The van der Waals surface area contributed by atoms with Gasteiger partial charge in [-0.2, -0.15) is 0 Å². The molecule has 1 aromatic carbocycles. The number of carbonyl (C=O) groups is 2. The number of hydrogen-bond acceptors (Lipinski definition) is 7.